The quantitative estimate of drug-likeness (QED) is 0.672. The van der Waals surface area contributed by atoms with Crippen LogP contribution in [0.2, 0.25) is 0 Å². The summed E-state index contributed by atoms with van der Waals surface area (Å²) in [6.45, 7) is 5.40. The molecule has 1 aliphatic heterocycles. The predicted octanol–water partition coefficient (Wildman–Crippen LogP) is 1.43. The highest BCUT2D eigenvalue weighted by Crippen LogP contribution is 2.17. The van der Waals surface area contributed by atoms with E-state index >= 15 is 0 Å². The van der Waals surface area contributed by atoms with Crippen molar-refractivity contribution in [3.63, 3.8) is 0 Å². The van der Waals surface area contributed by atoms with Crippen LogP contribution in [0.25, 0.3) is 0 Å². The second kappa shape index (κ2) is 6.37. The van der Waals surface area contributed by atoms with Crippen molar-refractivity contribution in [2.45, 2.75) is 12.4 Å². The fourth-order valence-electron chi connectivity index (χ4n) is 2.12. The molecule has 1 heterocycles. The van der Waals surface area contributed by atoms with Crippen LogP contribution >= 0.6 is 11.6 Å². The van der Waals surface area contributed by atoms with Gasteiger partial charge in [-0.3, -0.25) is 9.69 Å². The Labute approximate surface area is 119 Å². The lowest BCUT2D eigenvalue weighted by Gasteiger charge is -2.32. The molecule has 1 atom stereocenters. The summed E-state index contributed by atoms with van der Waals surface area (Å²) >= 11 is 6.29. The second-order valence-corrected chi connectivity index (χ2v) is 5.27. The molecule has 1 amide bonds. The Morgan fingerprint density at radius 1 is 1.32 bits per heavy atom. The van der Waals surface area contributed by atoms with Gasteiger partial charge in [-0.2, -0.15) is 0 Å². The topological polar surface area (TPSA) is 35.6 Å². The highest BCUT2D eigenvalue weighted by Gasteiger charge is 2.27. The van der Waals surface area contributed by atoms with Gasteiger partial charge in [-0.25, -0.2) is 0 Å². The molecule has 1 aromatic carbocycles. The number of benzene rings is 1. The first-order valence-electron chi connectivity index (χ1n) is 6.52. The Morgan fingerprint density at radius 2 is 1.89 bits per heavy atom. The van der Waals surface area contributed by atoms with Crippen LogP contribution in [-0.4, -0.2) is 49.5 Å². The lowest BCUT2D eigenvalue weighted by Crippen LogP contribution is -2.52. The van der Waals surface area contributed by atoms with Gasteiger partial charge >= 0.3 is 0 Å². The smallest absolute Gasteiger partial charge is 0.259 e. The van der Waals surface area contributed by atoms with Gasteiger partial charge in [0, 0.05) is 38.9 Å². The fourth-order valence-corrected chi connectivity index (χ4v) is 2.46. The standard InChI is InChI=1S/C14H20ClN3O/c1-11-3-5-12(6-4-11)17(2)14(19)13(15)18-9-7-16-8-10-18/h3-6,13,16H,7-10H2,1-2H3. The monoisotopic (exact) mass is 281 g/mol. The number of carbonyl (C=O) groups excluding carboxylic acids is 1. The highest BCUT2D eigenvalue weighted by atomic mass is 35.5. The maximum Gasteiger partial charge on any atom is 0.259 e. The highest BCUT2D eigenvalue weighted by molar-refractivity contribution is 6.32. The van der Waals surface area contributed by atoms with Crippen LogP contribution in [-0.2, 0) is 4.79 Å². The van der Waals surface area contributed by atoms with Crippen LogP contribution in [0.15, 0.2) is 24.3 Å². The lowest BCUT2D eigenvalue weighted by molar-refractivity contribution is -0.121. The first-order chi connectivity index (χ1) is 9.09. The lowest BCUT2D eigenvalue weighted by atomic mass is 10.2. The molecule has 0 saturated carbocycles. The Morgan fingerprint density at radius 3 is 2.47 bits per heavy atom. The average Bonchev–Trinajstić information content (AvgIpc) is 2.46. The first-order valence-corrected chi connectivity index (χ1v) is 6.96. The number of hydrogen-bond acceptors (Lipinski definition) is 3. The molecular formula is C14H20ClN3O. The van der Waals surface area contributed by atoms with E-state index in [9.17, 15) is 4.79 Å². The van der Waals surface area contributed by atoms with E-state index < -0.39 is 5.50 Å². The van der Waals surface area contributed by atoms with Crippen LogP contribution in [0, 0.1) is 6.92 Å². The number of carbonyl (C=O) groups is 1. The Bertz CT molecular complexity index is 429. The first kappa shape index (κ1) is 14.3. The van der Waals surface area contributed by atoms with Crippen molar-refractivity contribution in [3.8, 4) is 0 Å². The Kier molecular flexibility index (Phi) is 4.80. The number of hydrogen-bond donors (Lipinski definition) is 1. The van der Waals surface area contributed by atoms with E-state index in [-0.39, 0.29) is 5.91 Å². The van der Waals surface area contributed by atoms with Crippen LogP contribution in [0.4, 0.5) is 5.69 Å². The molecule has 1 N–H and O–H groups in total. The van der Waals surface area contributed by atoms with E-state index in [0.29, 0.717) is 0 Å². The SMILES string of the molecule is Cc1ccc(N(C)C(=O)C(Cl)N2CCNCC2)cc1. The van der Waals surface area contributed by atoms with Crippen LogP contribution < -0.4 is 10.2 Å². The molecular weight excluding hydrogens is 262 g/mol. The van der Waals surface area contributed by atoms with E-state index in [2.05, 4.69) is 5.32 Å². The average molecular weight is 282 g/mol. The molecule has 1 fully saturated rings. The van der Waals surface area contributed by atoms with E-state index in [1.807, 2.05) is 36.1 Å². The molecule has 1 aromatic rings. The molecule has 0 spiro atoms. The van der Waals surface area contributed by atoms with Crippen molar-refractivity contribution < 1.29 is 4.79 Å². The number of halogens is 1. The maximum atomic E-state index is 12.4. The van der Waals surface area contributed by atoms with Crippen molar-refractivity contribution in [2.75, 3.05) is 38.1 Å². The zero-order valence-corrected chi connectivity index (χ0v) is 12.2. The molecule has 1 unspecified atom stereocenters. The normalized spacial score (nSPS) is 18.1. The molecule has 0 bridgehead atoms. The Hall–Kier alpha value is -1.10. The number of alkyl halides is 1. The number of nitrogens with one attached hydrogen (secondary N) is 1. The number of amides is 1. The number of rotatable bonds is 3. The van der Waals surface area contributed by atoms with Gasteiger partial charge in [-0.1, -0.05) is 29.3 Å². The van der Waals surface area contributed by atoms with Gasteiger partial charge in [0.1, 0.15) is 0 Å². The van der Waals surface area contributed by atoms with Crippen molar-refractivity contribution in [2.24, 2.45) is 0 Å². The summed E-state index contributed by atoms with van der Waals surface area (Å²) in [6.07, 6.45) is 0. The minimum atomic E-state index is -0.589. The maximum absolute atomic E-state index is 12.4. The number of anilines is 1. The second-order valence-electron chi connectivity index (χ2n) is 4.85. The van der Waals surface area contributed by atoms with Gasteiger partial charge in [-0.15, -0.1) is 0 Å². The number of likely N-dealkylation sites (N-methyl/N-ethyl adjacent to an activating group) is 1. The summed E-state index contributed by atoms with van der Waals surface area (Å²) in [7, 11) is 1.77. The van der Waals surface area contributed by atoms with Gasteiger partial charge < -0.3 is 10.2 Å². The van der Waals surface area contributed by atoms with Gasteiger partial charge in [0.05, 0.1) is 0 Å². The molecule has 1 aliphatic rings. The third-order valence-electron chi connectivity index (χ3n) is 3.43. The van der Waals surface area contributed by atoms with E-state index in [4.69, 9.17) is 11.6 Å². The summed E-state index contributed by atoms with van der Waals surface area (Å²) in [5, 5.41) is 3.25. The van der Waals surface area contributed by atoms with Crippen LogP contribution in [0.5, 0.6) is 0 Å². The summed E-state index contributed by atoms with van der Waals surface area (Å²) in [6, 6.07) is 7.86. The fraction of sp³-hybridized carbons (Fsp3) is 0.500. The molecule has 2 rings (SSSR count). The van der Waals surface area contributed by atoms with Crippen LogP contribution in [0.3, 0.4) is 0 Å². The number of piperazine rings is 1. The summed E-state index contributed by atoms with van der Waals surface area (Å²) < 4.78 is 0. The number of aryl methyl sites for hydroxylation is 1. The van der Waals surface area contributed by atoms with Crippen molar-refractivity contribution in [1.82, 2.24) is 10.2 Å². The molecule has 1 saturated heterocycles. The predicted molar refractivity (Wildman–Crippen MR) is 78.7 cm³/mol. The van der Waals surface area contributed by atoms with Crippen molar-refractivity contribution in [3.05, 3.63) is 29.8 Å². The zero-order chi connectivity index (χ0) is 13.8. The largest absolute Gasteiger partial charge is 0.314 e. The zero-order valence-electron chi connectivity index (χ0n) is 11.4. The van der Waals surface area contributed by atoms with Crippen LogP contribution in [0.1, 0.15) is 5.56 Å². The van der Waals surface area contributed by atoms with Gasteiger partial charge in [-0.05, 0) is 19.1 Å². The van der Waals surface area contributed by atoms with Crippen molar-refractivity contribution in [1.29, 1.82) is 0 Å². The van der Waals surface area contributed by atoms with Gasteiger partial charge in [0.2, 0.25) is 0 Å². The molecule has 19 heavy (non-hydrogen) atoms. The Balaban J connectivity index is 2.03. The molecule has 4 nitrogen and oxygen atoms in total. The van der Waals surface area contributed by atoms with Gasteiger partial charge in [0.25, 0.3) is 5.91 Å². The van der Waals surface area contributed by atoms with Gasteiger partial charge in [0.15, 0.2) is 5.50 Å². The molecule has 104 valence electrons. The summed E-state index contributed by atoms with van der Waals surface area (Å²) in [5.74, 6) is -0.0765. The van der Waals surface area contributed by atoms with E-state index in [0.717, 1.165) is 31.9 Å². The third-order valence-corrected chi connectivity index (χ3v) is 3.89. The molecule has 5 heteroatoms. The minimum Gasteiger partial charge on any atom is -0.314 e. The molecule has 0 aliphatic carbocycles. The van der Waals surface area contributed by atoms with E-state index in [1.165, 1.54) is 5.56 Å². The minimum absolute atomic E-state index is 0.0765. The summed E-state index contributed by atoms with van der Waals surface area (Å²) in [4.78, 5) is 16.0. The molecule has 0 aromatic heterocycles. The molecule has 0 radical (unpaired) electrons. The summed E-state index contributed by atoms with van der Waals surface area (Å²) in [5.41, 5.74) is 1.46. The van der Waals surface area contributed by atoms with Crippen molar-refractivity contribution >= 4 is 23.2 Å². The third kappa shape index (κ3) is 3.47. The van der Waals surface area contributed by atoms with E-state index in [1.54, 1.807) is 11.9 Å². The number of nitrogens with zero attached hydrogens (tertiary/aromatic N) is 2.